The molecule has 20 heavy (non-hydrogen) atoms. The Kier molecular flexibility index (Phi) is 5.26. The van der Waals surface area contributed by atoms with Gasteiger partial charge >= 0.3 is 0 Å². The van der Waals surface area contributed by atoms with Gasteiger partial charge in [0.05, 0.1) is 14.2 Å². The van der Waals surface area contributed by atoms with Crippen LogP contribution in [0.5, 0.6) is 11.5 Å². The van der Waals surface area contributed by atoms with E-state index in [0.29, 0.717) is 6.04 Å². The van der Waals surface area contributed by atoms with Crippen LogP contribution in [0.25, 0.3) is 0 Å². The summed E-state index contributed by atoms with van der Waals surface area (Å²) in [6, 6.07) is 4.66. The molecule has 1 aromatic rings. The number of nitrogens with zero attached hydrogens (tertiary/aromatic N) is 1. The summed E-state index contributed by atoms with van der Waals surface area (Å²) in [4.78, 5) is 2.50. The van der Waals surface area contributed by atoms with Crippen LogP contribution < -0.4 is 15.2 Å². The lowest BCUT2D eigenvalue weighted by Gasteiger charge is -2.35. The van der Waals surface area contributed by atoms with Crippen LogP contribution >= 0.6 is 0 Å². The van der Waals surface area contributed by atoms with E-state index >= 15 is 0 Å². The van der Waals surface area contributed by atoms with Crippen molar-refractivity contribution in [3.05, 3.63) is 23.3 Å². The molecule has 1 unspecified atom stereocenters. The van der Waals surface area contributed by atoms with Crippen molar-refractivity contribution in [3.63, 3.8) is 0 Å². The minimum atomic E-state index is 0.510. The molecule has 112 valence electrons. The molecule has 0 amide bonds. The molecule has 1 saturated heterocycles. The molecule has 4 nitrogen and oxygen atoms in total. The van der Waals surface area contributed by atoms with Gasteiger partial charge in [-0.2, -0.15) is 0 Å². The van der Waals surface area contributed by atoms with Gasteiger partial charge in [0, 0.05) is 19.1 Å². The summed E-state index contributed by atoms with van der Waals surface area (Å²) >= 11 is 0. The first-order valence-electron chi connectivity index (χ1n) is 7.35. The highest BCUT2D eigenvalue weighted by Crippen LogP contribution is 2.31. The fourth-order valence-electron chi connectivity index (χ4n) is 2.95. The summed E-state index contributed by atoms with van der Waals surface area (Å²) in [6.45, 7) is 4.94. The highest BCUT2D eigenvalue weighted by Gasteiger charge is 2.22. The second-order valence-electron chi connectivity index (χ2n) is 5.49. The van der Waals surface area contributed by atoms with Crippen molar-refractivity contribution < 1.29 is 9.47 Å². The third kappa shape index (κ3) is 3.25. The fourth-order valence-corrected chi connectivity index (χ4v) is 2.95. The highest BCUT2D eigenvalue weighted by atomic mass is 16.5. The van der Waals surface area contributed by atoms with Gasteiger partial charge in [0.1, 0.15) is 0 Å². The van der Waals surface area contributed by atoms with Crippen molar-refractivity contribution in [1.82, 2.24) is 4.90 Å². The van der Waals surface area contributed by atoms with Crippen molar-refractivity contribution in [2.45, 2.75) is 38.8 Å². The molecular weight excluding hydrogens is 252 g/mol. The standard InChI is InChI=1S/C16H26N2O2/c1-12-8-15(19-2)16(20-3)9-13(12)11-18-7-5-4-6-14(18)10-17/h8-9,14H,4-7,10-11,17H2,1-3H3. The Hall–Kier alpha value is -1.26. The molecule has 0 spiro atoms. The molecule has 2 rings (SSSR count). The molecular formula is C16H26N2O2. The van der Waals surface area contributed by atoms with E-state index in [-0.39, 0.29) is 0 Å². The van der Waals surface area contributed by atoms with E-state index in [1.54, 1.807) is 14.2 Å². The Bertz CT molecular complexity index is 448. The van der Waals surface area contributed by atoms with Gasteiger partial charge in [-0.3, -0.25) is 4.90 Å². The van der Waals surface area contributed by atoms with E-state index in [4.69, 9.17) is 15.2 Å². The normalized spacial score (nSPS) is 19.9. The molecule has 1 atom stereocenters. The Morgan fingerprint density at radius 2 is 1.90 bits per heavy atom. The Balaban J connectivity index is 2.19. The van der Waals surface area contributed by atoms with E-state index in [2.05, 4.69) is 24.0 Å². The van der Waals surface area contributed by atoms with Crippen molar-refractivity contribution >= 4 is 0 Å². The molecule has 0 bridgehead atoms. The van der Waals surface area contributed by atoms with E-state index in [1.807, 2.05) is 0 Å². The molecule has 1 heterocycles. The predicted octanol–water partition coefficient (Wildman–Crippen LogP) is 2.33. The number of nitrogens with two attached hydrogens (primary N) is 1. The smallest absolute Gasteiger partial charge is 0.161 e. The second kappa shape index (κ2) is 6.95. The molecule has 2 N–H and O–H groups in total. The SMILES string of the molecule is COc1cc(C)c(CN2CCCCC2CN)cc1OC. The maximum atomic E-state index is 5.90. The molecule has 4 heteroatoms. The lowest BCUT2D eigenvalue weighted by Crippen LogP contribution is -2.43. The summed E-state index contributed by atoms with van der Waals surface area (Å²) in [7, 11) is 3.35. The minimum absolute atomic E-state index is 0.510. The van der Waals surface area contributed by atoms with Crippen LogP contribution in [0.3, 0.4) is 0 Å². The number of hydrogen-bond donors (Lipinski definition) is 1. The lowest BCUT2D eigenvalue weighted by atomic mass is 10.00. The average molecular weight is 278 g/mol. The first-order chi connectivity index (χ1) is 9.69. The molecule has 1 fully saturated rings. The molecule has 0 aliphatic carbocycles. The van der Waals surface area contributed by atoms with Gasteiger partial charge in [-0.1, -0.05) is 6.42 Å². The van der Waals surface area contributed by atoms with Crippen LogP contribution in [0.4, 0.5) is 0 Å². The Morgan fingerprint density at radius 3 is 2.55 bits per heavy atom. The van der Waals surface area contributed by atoms with Crippen molar-refractivity contribution in [1.29, 1.82) is 0 Å². The van der Waals surface area contributed by atoms with Gasteiger partial charge in [0.2, 0.25) is 0 Å². The number of hydrogen-bond acceptors (Lipinski definition) is 4. The molecule has 1 aliphatic heterocycles. The first kappa shape index (κ1) is 15.1. The zero-order chi connectivity index (χ0) is 14.5. The summed E-state index contributed by atoms with van der Waals surface area (Å²) in [5.41, 5.74) is 8.43. The van der Waals surface area contributed by atoms with Gasteiger partial charge in [-0.25, -0.2) is 0 Å². The van der Waals surface area contributed by atoms with E-state index in [9.17, 15) is 0 Å². The second-order valence-corrected chi connectivity index (χ2v) is 5.49. The zero-order valence-electron chi connectivity index (χ0n) is 12.8. The predicted molar refractivity (Wildman–Crippen MR) is 81.4 cm³/mol. The zero-order valence-corrected chi connectivity index (χ0v) is 12.8. The van der Waals surface area contributed by atoms with E-state index < -0.39 is 0 Å². The number of methoxy groups -OCH3 is 2. The minimum Gasteiger partial charge on any atom is -0.493 e. The first-order valence-corrected chi connectivity index (χ1v) is 7.35. The largest absolute Gasteiger partial charge is 0.493 e. The van der Waals surface area contributed by atoms with Gasteiger partial charge in [0.25, 0.3) is 0 Å². The maximum Gasteiger partial charge on any atom is 0.161 e. The fraction of sp³-hybridized carbons (Fsp3) is 0.625. The molecule has 0 saturated carbocycles. The van der Waals surface area contributed by atoms with E-state index in [0.717, 1.165) is 31.1 Å². The summed E-state index contributed by atoms with van der Waals surface area (Å²) in [6.07, 6.45) is 3.77. The van der Waals surface area contributed by atoms with Gasteiger partial charge in [-0.05, 0) is 49.6 Å². The van der Waals surface area contributed by atoms with Gasteiger partial charge in [0.15, 0.2) is 11.5 Å². The molecule has 0 radical (unpaired) electrons. The monoisotopic (exact) mass is 278 g/mol. The lowest BCUT2D eigenvalue weighted by molar-refractivity contribution is 0.144. The topological polar surface area (TPSA) is 47.7 Å². The van der Waals surface area contributed by atoms with E-state index in [1.165, 1.54) is 30.4 Å². The van der Waals surface area contributed by atoms with Crippen LogP contribution in [-0.2, 0) is 6.54 Å². The quantitative estimate of drug-likeness (QED) is 0.898. The van der Waals surface area contributed by atoms with Crippen LogP contribution in [-0.4, -0.2) is 38.3 Å². The van der Waals surface area contributed by atoms with Crippen LogP contribution in [0.1, 0.15) is 30.4 Å². The van der Waals surface area contributed by atoms with Crippen LogP contribution in [0.15, 0.2) is 12.1 Å². The van der Waals surface area contributed by atoms with Crippen molar-refractivity contribution in [2.75, 3.05) is 27.3 Å². The van der Waals surface area contributed by atoms with Crippen molar-refractivity contribution in [2.24, 2.45) is 5.73 Å². The van der Waals surface area contributed by atoms with Gasteiger partial charge in [-0.15, -0.1) is 0 Å². The Labute approximate surface area is 121 Å². The van der Waals surface area contributed by atoms with Crippen molar-refractivity contribution in [3.8, 4) is 11.5 Å². The summed E-state index contributed by atoms with van der Waals surface area (Å²) in [5.74, 6) is 1.59. The third-order valence-corrected chi connectivity index (χ3v) is 4.24. The van der Waals surface area contributed by atoms with Crippen LogP contribution in [0, 0.1) is 6.92 Å². The van der Waals surface area contributed by atoms with Gasteiger partial charge < -0.3 is 15.2 Å². The highest BCUT2D eigenvalue weighted by molar-refractivity contribution is 5.47. The summed E-state index contributed by atoms with van der Waals surface area (Å²) < 4.78 is 10.8. The molecule has 1 aromatic carbocycles. The Morgan fingerprint density at radius 1 is 1.20 bits per heavy atom. The molecule has 1 aliphatic rings. The average Bonchev–Trinajstić information content (AvgIpc) is 2.49. The number of aryl methyl sites for hydroxylation is 1. The number of likely N-dealkylation sites (tertiary alicyclic amines) is 1. The molecule has 0 aromatic heterocycles. The summed E-state index contributed by atoms with van der Waals surface area (Å²) in [5, 5.41) is 0. The number of benzene rings is 1. The number of piperidine rings is 1. The maximum absolute atomic E-state index is 5.90. The number of rotatable bonds is 5. The number of ether oxygens (including phenoxy) is 2. The third-order valence-electron chi connectivity index (χ3n) is 4.24. The van der Waals surface area contributed by atoms with Crippen LogP contribution in [0.2, 0.25) is 0 Å².